The SMILES string of the molecule is O=C1CCSc2c(F)cccc21. The van der Waals surface area contributed by atoms with Gasteiger partial charge in [-0.1, -0.05) is 12.1 Å². The average Bonchev–Trinajstić information content (AvgIpc) is 2.07. The second kappa shape index (κ2) is 2.90. The molecule has 2 rings (SSSR count). The summed E-state index contributed by atoms with van der Waals surface area (Å²) in [7, 11) is 0. The number of thioether (sulfide) groups is 1. The zero-order valence-electron chi connectivity index (χ0n) is 6.34. The maximum absolute atomic E-state index is 13.1. The van der Waals surface area contributed by atoms with Gasteiger partial charge in [0, 0.05) is 17.7 Å². The Morgan fingerprint density at radius 3 is 3.00 bits per heavy atom. The van der Waals surface area contributed by atoms with Crippen molar-refractivity contribution in [2.24, 2.45) is 0 Å². The first-order valence-electron chi connectivity index (χ1n) is 3.73. The van der Waals surface area contributed by atoms with Crippen LogP contribution in [-0.4, -0.2) is 11.5 Å². The first-order chi connectivity index (χ1) is 5.79. The molecule has 0 aromatic heterocycles. The third-order valence-corrected chi connectivity index (χ3v) is 2.95. The third-order valence-electron chi connectivity index (χ3n) is 1.84. The van der Waals surface area contributed by atoms with Gasteiger partial charge in [0.1, 0.15) is 5.82 Å². The van der Waals surface area contributed by atoms with Gasteiger partial charge in [0.25, 0.3) is 0 Å². The van der Waals surface area contributed by atoms with Gasteiger partial charge in [-0.25, -0.2) is 4.39 Å². The van der Waals surface area contributed by atoms with Crippen molar-refractivity contribution in [3.63, 3.8) is 0 Å². The van der Waals surface area contributed by atoms with Crippen LogP contribution in [0.2, 0.25) is 0 Å². The van der Waals surface area contributed by atoms with Gasteiger partial charge in [-0.2, -0.15) is 0 Å². The predicted molar refractivity (Wildman–Crippen MR) is 46.1 cm³/mol. The zero-order valence-corrected chi connectivity index (χ0v) is 7.16. The number of ketones is 1. The summed E-state index contributed by atoms with van der Waals surface area (Å²) in [5, 5.41) is 0. The molecule has 1 nitrogen and oxygen atoms in total. The van der Waals surface area contributed by atoms with Crippen LogP contribution in [0.25, 0.3) is 0 Å². The van der Waals surface area contributed by atoms with Crippen molar-refractivity contribution < 1.29 is 9.18 Å². The Hall–Kier alpha value is -0.830. The number of fused-ring (bicyclic) bond motifs is 1. The molecule has 0 fully saturated rings. The van der Waals surface area contributed by atoms with Crippen LogP contribution in [0.5, 0.6) is 0 Å². The average molecular weight is 182 g/mol. The van der Waals surface area contributed by atoms with Gasteiger partial charge in [0.15, 0.2) is 5.78 Å². The largest absolute Gasteiger partial charge is 0.294 e. The molecule has 12 heavy (non-hydrogen) atoms. The highest BCUT2D eigenvalue weighted by atomic mass is 32.2. The topological polar surface area (TPSA) is 17.1 Å². The minimum absolute atomic E-state index is 0.0586. The van der Waals surface area contributed by atoms with E-state index in [1.165, 1.54) is 17.8 Å². The summed E-state index contributed by atoms with van der Waals surface area (Å²) in [6.07, 6.45) is 0.529. The fourth-order valence-electron chi connectivity index (χ4n) is 1.26. The van der Waals surface area contributed by atoms with Crippen molar-refractivity contribution in [1.82, 2.24) is 0 Å². The van der Waals surface area contributed by atoms with E-state index in [4.69, 9.17) is 0 Å². The fraction of sp³-hybridized carbons (Fsp3) is 0.222. The summed E-state index contributed by atoms with van der Waals surface area (Å²) in [4.78, 5) is 11.8. The summed E-state index contributed by atoms with van der Waals surface area (Å²) >= 11 is 1.42. The van der Waals surface area contributed by atoms with E-state index in [9.17, 15) is 9.18 Å². The van der Waals surface area contributed by atoms with Gasteiger partial charge < -0.3 is 0 Å². The van der Waals surface area contributed by atoms with Gasteiger partial charge in [0.05, 0.1) is 4.90 Å². The van der Waals surface area contributed by atoms with Crippen molar-refractivity contribution >= 4 is 17.5 Å². The van der Waals surface area contributed by atoms with Crippen LogP contribution in [0, 0.1) is 5.82 Å². The maximum atomic E-state index is 13.1. The molecule has 1 aromatic rings. The van der Waals surface area contributed by atoms with Gasteiger partial charge in [-0.05, 0) is 6.07 Å². The number of carbonyl (C=O) groups excluding carboxylic acids is 1. The Labute approximate surface area is 74.0 Å². The lowest BCUT2D eigenvalue weighted by Crippen LogP contribution is -2.09. The molecule has 0 aliphatic carbocycles. The fourth-order valence-corrected chi connectivity index (χ4v) is 2.29. The molecule has 0 saturated carbocycles. The van der Waals surface area contributed by atoms with Crippen LogP contribution in [0.15, 0.2) is 23.1 Å². The van der Waals surface area contributed by atoms with E-state index in [0.29, 0.717) is 22.6 Å². The molecule has 0 bridgehead atoms. The molecule has 1 aromatic carbocycles. The van der Waals surface area contributed by atoms with Crippen molar-refractivity contribution in [3.8, 4) is 0 Å². The normalized spacial score (nSPS) is 15.9. The van der Waals surface area contributed by atoms with Crippen molar-refractivity contribution in [2.75, 3.05) is 5.75 Å². The highest BCUT2D eigenvalue weighted by Crippen LogP contribution is 2.31. The number of halogens is 1. The maximum Gasteiger partial charge on any atom is 0.164 e. The van der Waals surface area contributed by atoms with Crippen molar-refractivity contribution in [2.45, 2.75) is 11.3 Å². The predicted octanol–water partition coefficient (Wildman–Crippen LogP) is 2.50. The minimum Gasteiger partial charge on any atom is -0.294 e. The number of hydrogen-bond donors (Lipinski definition) is 0. The summed E-state index contributed by atoms with van der Waals surface area (Å²) in [6, 6.07) is 4.66. The Bertz CT molecular complexity index is 335. The minimum atomic E-state index is -0.273. The van der Waals surface area contributed by atoms with Crippen LogP contribution in [0.4, 0.5) is 4.39 Å². The Morgan fingerprint density at radius 2 is 2.25 bits per heavy atom. The second-order valence-corrected chi connectivity index (χ2v) is 3.74. The number of Topliss-reactive ketones (excluding diaryl/α,β-unsaturated/α-hetero) is 1. The van der Waals surface area contributed by atoms with Gasteiger partial charge in [-0.3, -0.25) is 4.79 Å². The number of hydrogen-bond acceptors (Lipinski definition) is 2. The lowest BCUT2D eigenvalue weighted by Gasteiger charge is -2.13. The van der Waals surface area contributed by atoms with Crippen molar-refractivity contribution in [3.05, 3.63) is 29.6 Å². The van der Waals surface area contributed by atoms with E-state index >= 15 is 0 Å². The molecule has 0 spiro atoms. The molecule has 1 aliphatic heterocycles. The van der Waals surface area contributed by atoms with Gasteiger partial charge in [-0.15, -0.1) is 11.8 Å². The van der Waals surface area contributed by atoms with Gasteiger partial charge in [0.2, 0.25) is 0 Å². The molecule has 0 amide bonds. The van der Waals surface area contributed by atoms with E-state index in [1.54, 1.807) is 12.1 Å². The molecule has 3 heteroatoms. The number of rotatable bonds is 0. The standard InChI is InChI=1S/C9H7FOS/c10-7-3-1-2-6-8(11)4-5-12-9(6)7/h1-3H,4-5H2. The Morgan fingerprint density at radius 1 is 1.42 bits per heavy atom. The number of carbonyl (C=O) groups is 1. The third kappa shape index (κ3) is 1.14. The highest BCUT2D eigenvalue weighted by molar-refractivity contribution is 7.99. The highest BCUT2D eigenvalue weighted by Gasteiger charge is 2.19. The first-order valence-corrected chi connectivity index (χ1v) is 4.72. The molecule has 0 saturated heterocycles. The van der Waals surface area contributed by atoms with Gasteiger partial charge >= 0.3 is 0 Å². The van der Waals surface area contributed by atoms with Crippen molar-refractivity contribution in [1.29, 1.82) is 0 Å². The Kier molecular flexibility index (Phi) is 1.89. The van der Waals surface area contributed by atoms with E-state index in [-0.39, 0.29) is 11.6 Å². The molecule has 0 radical (unpaired) electrons. The van der Waals surface area contributed by atoms with Crippen LogP contribution in [0.1, 0.15) is 16.8 Å². The molecule has 0 unspecified atom stereocenters. The van der Waals surface area contributed by atoms with Crippen LogP contribution in [-0.2, 0) is 0 Å². The van der Waals surface area contributed by atoms with E-state index in [1.807, 2.05) is 0 Å². The summed E-state index contributed by atoms with van der Waals surface area (Å²) in [6.45, 7) is 0. The van der Waals surface area contributed by atoms with E-state index in [2.05, 4.69) is 0 Å². The van der Waals surface area contributed by atoms with Crippen LogP contribution < -0.4 is 0 Å². The smallest absolute Gasteiger partial charge is 0.164 e. The molecule has 62 valence electrons. The monoisotopic (exact) mass is 182 g/mol. The Balaban J connectivity index is 2.59. The lowest BCUT2D eigenvalue weighted by atomic mass is 10.1. The summed E-state index contributed by atoms with van der Waals surface area (Å²) in [5.41, 5.74) is 0.547. The van der Waals surface area contributed by atoms with E-state index < -0.39 is 0 Å². The molecule has 1 heterocycles. The molecular formula is C9H7FOS. The van der Waals surface area contributed by atoms with E-state index in [0.717, 1.165) is 0 Å². The zero-order chi connectivity index (χ0) is 8.55. The molecule has 0 N–H and O–H groups in total. The summed E-state index contributed by atoms with van der Waals surface area (Å²) < 4.78 is 13.1. The number of benzene rings is 1. The lowest BCUT2D eigenvalue weighted by molar-refractivity contribution is 0.0984. The quantitative estimate of drug-likeness (QED) is 0.613. The first kappa shape index (κ1) is 7.80. The van der Waals surface area contributed by atoms with Crippen LogP contribution >= 0.6 is 11.8 Å². The second-order valence-electron chi connectivity index (χ2n) is 2.64. The molecule has 1 aliphatic rings. The summed E-state index contributed by atoms with van der Waals surface area (Å²) in [5.74, 6) is 0.487. The van der Waals surface area contributed by atoms with Crippen LogP contribution in [0.3, 0.4) is 0 Å². The molecule has 0 atom stereocenters. The molecular weight excluding hydrogens is 175 g/mol.